The second-order valence-corrected chi connectivity index (χ2v) is 8.20. The maximum absolute atomic E-state index is 12.7. The fourth-order valence-electron chi connectivity index (χ4n) is 2.56. The first-order chi connectivity index (χ1) is 15.1. The number of amides is 1. The third-order valence-corrected chi connectivity index (χ3v) is 5.05. The second kappa shape index (κ2) is 9.25. The Morgan fingerprint density at radius 1 is 1.28 bits per heavy atom. The van der Waals surface area contributed by atoms with E-state index in [2.05, 4.69) is 24.6 Å². The number of nitriles is 1. The molecular weight excluding hydrogens is 470 g/mol. The highest BCUT2D eigenvalue weighted by Crippen LogP contribution is 2.24. The monoisotopic (exact) mass is 482 g/mol. The van der Waals surface area contributed by atoms with Gasteiger partial charge in [0.05, 0.1) is 11.6 Å². The van der Waals surface area contributed by atoms with Gasteiger partial charge in [-0.2, -0.15) is 32.2 Å². The van der Waals surface area contributed by atoms with Crippen LogP contribution < -0.4 is 9.50 Å². The van der Waals surface area contributed by atoms with Crippen LogP contribution in [0.4, 0.5) is 8.78 Å². The van der Waals surface area contributed by atoms with Crippen LogP contribution in [0.2, 0.25) is 5.02 Å². The van der Waals surface area contributed by atoms with E-state index in [-0.39, 0.29) is 10.6 Å². The van der Waals surface area contributed by atoms with Crippen molar-refractivity contribution >= 4 is 27.6 Å². The van der Waals surface area contributed by atoms with Gasteiger partial charge in [0.2, 0.25) is 0 Å². The molecule has 0 aliphatic rings. The number of nitrogens with one attached hydrogen (secondary N) is 1. The molecule has 2 heterocycles. The molecule has 166 valence electrons. The van der Waals surface area contributed by atoms with Crippen molar-refractivity contribution in [1.29, 1.82) is 5.26 Å². The van der Waals surface area contributed by atoms with Crippen LogP contribution >= 0.6 is 11.6 Å². The lowest BCUT2D eigenvalue weighted by molar-refractivity contribution is 0.0937. The Bertz CT molecular complexity index is 1290. The molecule has 0 saturated heterocycles. The number of pyridine rings is 1. The first-order valence-electron chi connectivity index (χ1n) is 8.70. The van der Waals surface area contributed by atoms with Gasteiger partial charge in [0.15, 0.2) is 11.6 Å². The molecule has 0 radical (unpaired) electrons. The number of hydrogen-bond donors (Lipinski definition) is 1. The fraction of sp³-hybridized carbons (Fsp3) is 0.167. The van der Waals surface area contributed by atoms with Gasteiger partial charge in [-0.25, -0.2) is 9.97 Å². The van der Waals surface area contributed by atoms with Crippen molar-refractivity contribution in [2.75, 3.05) is 0 Å². The number of halogens is 3. The van der Waals surface area contributed by atoms with E-state index in [1.165, 1.54) is 29.3 Å². The van der Waals surface area contributed by atoms with E-state index in [9.17, 15) is 22.0 Å². The summed E-state index contributed by atoms with van der Waals surface area (Å²) in [6, 6.07) is 7.47. The summed E-state index contributed by atoms with van der Waals surface area (Å²) in [5.41, 5.74) is 0.219. The van der Waals surface area contributed by atoms with Crippen molar-refractivity contribution in [3.8, 4) is 17.6 Å². The average molecular weight is 483 g/mol. The van der Waals surface area contributed by atoms with Crippen LogP contribution in [0.25, 0.3) is 5.82 Å². The molecule has 0 fully saturated rings. The van der Waals surface area contributed by atoms with Crippen LogP contribution in [0, 0.1) is 11.3 Å². The SMILES string of the molecule is CC(NC(=O)c1cc(Cl)cc(OS(=O)(=O)C(F)F)c1)c1ncnn1-c1ccc(C#N)cn1. The van der Waals surface area contributed by atoms with Crippen molar-refractivity contribution in [1.82, 2.24) is 25.1 Å². The lowest BCUT2D eigenvalue weighted by Gasteiger charge is -2.15. The van der Waals surface area contributed by atoms with E-state index < -0.39 is 33.6 Å². The molecule has 0 saturated carbocycles. The van der Waals surface area contributed by atoms with Crippen LogP contribution in [0.1, 0.15) is 34.7 Å². The number of nitrogens with zero attached hydrogens (tertiary/aromatic N) is 5. The topological polar surface area (TPSA) is 140 Å². The zero-order valence-corrected chi connectivity index (χ0v) is 17.7. The molecule has 1 aromatic carbocycles. The van der Waals surface area contributed by atoms with Gasteiger partial charge in [0, 0.05) is 22.8 Å². The third-order valence-electron chi connectivity index (χ3n) is 3.97. The summed E-state index contributed by atoms with van der Waals surface area (Å²) in [7, 11) is -5.18. The number of rotatable bonds is 7. The van der Waals surface area contributed by atoms with Crippen LogP contribution in [0.15, 0.2) is 42.9 Å². The zero-order valence-electron chi connectivity index (χ0n) is 16.1. The van der Waals surface area contributed by atoms with Gasteiger partial charge in [0.1, 0.15) is 18.1 Å². The average Bonchev–Trinajstić information content (AvgIpc) is 3.23. The van der Waals surface area contributed by atoms with Crippen molar-refractivity contribution in [2.45, 2.75) is 18.7 Å². The van der Waals surface area contributed by atoms with Crippen LogP contribution in [-0.4, -0.2) is 39.8 Å². The molecule has 0 spiro atoms. The van der Waals surface area contributed by atoms with Crippen LogP contribution in [-0.2, 0) is 10.1 Å². The number of carbonyl (C=O) groups excluding carboxylic acids is 1. The summed E-state index contributed by atoms with van der Waals surface area (Å²) < 4.78 is 53.3. The van der Waals surface area contributed by atoms with Crippen LogP contribution in [0.5, 0.6) is 5.75 Å². The second-order valence-electron chi connectivity index (χ2n) is 6.25. The number of alkyl halides is 2. The van der Waals surface area contributed by atoms with Gasteiger partial charge in [-0.3, -0.25) is 4.79 Å². The summed E-state index contributed by atoms with van der Waals surface area (Å²) in [4.78, 5) is 20.9. The van der Waals surface area contributed by atoms with Gasteiger partial charge < -0.3 is 9.50 Å². The number of benzene rings is 1. The number of aromatic nitrogens is 4. The molecule has 0 bridgehead atoms. The minimum Gasteiger partial charge on any atom is -0.378 e. The predicted octanol–water partition coefficient (Wildman–Crippen LogP) is 2.61. The Hall–Kier alpha value is -3.63. The van der Waals surface area contributed by atoms with Crippen molar-refractivity contribution in [3.63, 3.8) is 0 Å². The smallest absolute Gasteiger partial charge is 0.372 e. The zero-order chi connectivity index (χ0) is 23.5. The minimum atomic E-state index is -5.18. The first-order valence-corrected chi connectivity index (χ1v) is 10.5. The maximum Gasteiger partial charge on any atom is 0.372 e. The Morgan fingerprint density at radius 2 is 2.03 bits per heavy atom. The minimum absolute atomic E-state index is 0.102. The summed E-state index contributed by atoms with van der Waals surface area (Å²) in [6.45, 7) is 1.60. The predicted molar refractivity (Wildman–Crippen MR) is 107 cm³/mol. The molecule has 3 aromatic rings. The normalized spacial score (nSPS) is 12.2. The Morgan fingerprint density at radius 3 is 2.66 bits per heavy atom. The largest absolute Gasteiger partial charge is 0.378 e. The Balaban J connectivity index is 1.81. The number of carbonyl (C=O) groups is 1. The highest BCUT2D eigenvalue weighted by atomic mass is 35.5. The van der Waals surface area contributed by atoms with Crippen molar-refractivity contribution < 1.29 is 26.2 Å². The van der Waals surface area contributed by atoms with E-state index in [1.54, 1.807) is 13.0 Å². The van der Waals surface area contributed by atoms with Gasteiger partial charge in [-0.05, 0) is 31.2 Å². The molecule has 1 atom stereocenters. The summed E-state index contributed by atoms with van der Waals surface area (Å²) in [5, 5.41) is 15.4. The quantitative estimate of drug-likeness (QED) is 0.507. The molecule has 3 rings (SSSR count). The molecule has 0 aliphatic heterocycles. The first kappa shape index (κ1) is 23.0. The molecule has 10 nitrogen and oxygen atoms in total. The van der Waals surface area contributed by atoms with Gasteiger partial charge in [-0.1, -0.05) is 11.6 Å². The summed E-state index contributed by atoms with van der Waals surface area (Å²) in [6.07, 6.45) is 2.60. The van der Waals surface area contributed by atoms with Gasteiger partial charge in [0.25, 0.3) is 5.91 Å². The van der Waals surface area contributed by atoms with Gasteiger partial charge in [-0.15, -0.1) is 0 Å². The van der Waals surface area contributed by atoms with Crippen LogP contribution in [0.3, 0.4) is 0 Å². The van der Waals surface area contributed by atoms with E-state index in [0.29, 0.717) is 17.2 Å². The highest BCUT2D eigenvalue weighted by Gasteiger charge is 2.27. The molecule has 32 heavy (non-hydrogen) atoms. The highest BCUT2D eigenvalue weighted by molar-refractivity contribution is 7.87. The lowest BCUT2D eigenvalue weighted by Crippen LogP contribution is -2.29. The molecule has 1 N–H and O–H groups in total. The molecular formula is C18H13ClF2N6O4S. The van der Waals surface area contributed by atoms with Crippen molar-refractivity contribution in [2.24, 2.45) is 0 Å². The molecule has 2 aromatic heterocycles. The van der Waals surface area contributed by atoms with E-state index in [1.807, 2.05) is 6.07 Å². The molecule has 14 heteroatoms. The van der Waals surface area contributed by atoms with Gasteiger partial charge >= 0.3 is 15.9 Å². The third kappa shape index (κ3) is 5.16. The number of hydrogen-bond acceptors (Lipinski definition) is 8. The van der Waals surface area contributed by atoms with E-state index in [0.717, 1.165) is 12.1 Å². The summed E-state index contributed by atoms with van der Waals surface area (Å²) in [5.74, 6) is -4.36. The van der Waals surface area contributed by atoms with E-state index in [4.69, 9.17) is 16.9 Å². The summed E-state index contributed by atoms with van der Waals surface area (Å²) >= 11 is 5.87. The Kier molecular flexibility index (Phi) is 6.66. The molecule has 1 unspecified atom stereocenters. The van der Waals surface area contributed by atoms with E-state index >= 15 is 0 Å². The van der Waals surface area contributed by atoms with Crippen molar-refractivity contribution in [3.05, 3.63) is 64.8 Å². The molecule has 0 aliphatic carbocycles. The maximum atomic E-state index is 12.7. The Labute approximate surface area is 185 Å². The fourth-order valence-corrected chi connectivity index (χ4v) is 3.22. The standard InChI is InChI=1S/C18H13ClF2N6O4S/c1-10(16-24-9-25-27(16)15-3-2-11(7-22)8-23-15)26-17(28)12-4-13(19)6-14(5-12)31-32(29,30)18(20)21/h2-6,8-10,18H,1H3,(H,26,28). The lowest BCUT2D eigenvalue weighted by atomic mass is 10.2. The molecule has 1 amide bonds.